The number of benzene rings is 2. The van der Waals surface area contributed by atoms with E-state index in [2.05, 4.69) is 15.9 Å². The highest BCUT2D eigenvalue weighted by atomic mass is 79.9. The number of aryl methyl sites for hydroxylation is 2. The molecule has 1 N–H and O–H groups in total. The first-order valence-electron chi connectivity index (χ1n) is 5.80. The minimum Gasteiger partial charge on any atom is -0.384 e. The number of hydrogen-bond donors (Lipinski definition) is 1. The first kappa shape index (κ1) is 14.2. The monoisotopic (exact) mass is 326 g/mol. The molecule has 0 aliphatic rings. The fourth-order valence-corrected chi connectivity index (χ4v) is 2.51. The normalized spacial score (nSPS) is 12.5. The van der Waals surface area contributed by atoms with Crippen molar-refractivity contribution in [2.75, 3.05) is 0 Å². The molecule has 2 rings (SSSR count). The first-order chi connectivity index (χ1) is 8.91. The van der Waals surface area contributed by atoms with E-state index in [1.165, 1.54) is 6.07 Å². The highest BCUT2D eigenvalue weighted by Crippen LogP contribution is 2.33. The lowest BCUT2D eigenvalue weighted by Gasteiger charge is -2.17. The first-order valence-corrected chi connectivity index (χ1v) is 6.59. The number of aliphatic hydroxyl groups is 1. The summed E-state index contributed by atoms with van der Waals surface area (Å²) in [5, 5.41) is 10.4. The molecule has 0 aliphatic heterocycles. The van der Waals surface area contributed by atoms with Crippen molar-refractivity contribution in [1.82, 2.24) is 0 Å². The van der Waals surface area contributed by atoms with Gasteiger partial charge in [-0.3, -0.25) is 0 Å². The summed E-state index contributed by atoms with van der Waals surface area (Å²) in [7, 11) is 0. The van der Waals surface area contributed by atoms with Gasteiger partial charge < -0.3 is 5.11 Å². The van der Waals surface area contributed by atoms with Crippen molar-refractivity contribution < 1.29 is 13.9 Å². The van der Waals surface area contributed by atoms with Gasteiger partial charge in [-0.15, -0.1) is 0 Å². The third-order valence-corrected chi connectivity index (χ3v) is 3.89. The maximum atomic E-state index is 13.5. The minimum absolute atomic E-state index is 0.0408. The molecule has 1 atom stereocenters. The van der Waals surface area contributed by atoms with Gasteiger partial charge in [-0.2, -0.15) is 0 Å². The van der Waals surface area contributed by atoms with Crippen molar-refractivity contribution in [2.24, 2.45) is 0 Å². The van der Waals surface area contributed by atoms with E-state index in [1.807, 2.05) is 32.0 Å². The smallest absolute Gasteiger partial charge is 0.173 e. The third kappa shape index (κ3) is 2.69. The Kier molecular flexibility index (Phi) is 4.02. The van der Waals surface area contributed by atoms with Crippen molar-refractivity contribution in [3.05, 3.63) is 68.7 Å². The molecule has 0 radical (unpaired) electrons. The van der Waals surface area contributed by atoms with Gasteiger partial charge in [0.25, 0.3) is 0 Å². The predicted molar refractivity (Wildman–Crippen MR) is 74.0 cm³/mol. The molecule has 0 spiro atoms. The Bertz CT molecular complexity index is 626. The topological polar surface area (TPSA) is 20.2 Å². The minimum atomic E-state index is -0.996. The van der Waals surface area contributed by atoms with E-state index in [0.29, 0.717) is 11.1 Å². The van der Waals surface area contributed by atoms with E-state index in [-0.39, 0.29) is 4.47 Å². The van der Waals surface area contributed by atoms with E-state index in [9.17, 15) is 13.9 Å². The molecular weight excluding hydrogens is 314 g/mol. The molecule has 0 heterocycles. The summed E-state index contributed by atoms with van der Waals surface area (Å²) in [6, 6.07) is 8.07. The fourth-order valence-electron chi connectivity index (χ4n) is 1.97. The summed E-state index contributed by atoms with van der Waals surface area (Å²) in [6.45, 7) is 3.78. The standard InChI is InChI=1S/C15H13BrF2O/c1-8-3-4-9(2)11(7-8)15(19)10-5-6-12(17)14(18)13(10)16/h3-7,15,19H,1-2H3. The van der Waals surface area contributed by atoms with Crippen LogP contribution in [0.4, 0.5) is 8.78 Å². The van der Waals surface area contributed by atoms with Gasteiger partial charge in [0.15, 0.2) is 11.6 Å². The van der Waals surface area contributed by atoms with Crippen LogP contribution >= 0.6 is 15.9 Å². The largest absolute Gasteiger partial charge is 0.384 e. The molecule has 1 unspecified atom stereocenters. The Morgan fingerprint density at radius 1 is 1.05 bits per heavy atom. The Hall–Kier alpha value is -1.26. The lowest BCUT2D eigenvalue weighted by molar-refractivity contribution is 0.217. The van der Waals surface area contributed by atoms with E-state index < -0.39 is 17.7 Å². The van der Waals surface area contributed by atoms with E-state index >= 15 is 0 Å². The molecule has 0 bridgehead atoms. The van der Waals surface area contributed by atoms with Crippen molar-refractivity contribution in [3.8, 4) is 0 Å². The van der Waals surface area contributed by atoms with Crippen LogP contribution in [-0.2, 0) is 0 Å². The van der Waals surface area contributed by atoms with Crippen LogP contribution in [0, 0.1) is 25.5 Å². The summed E-state index contributed by atoms with van der Waals surface area (Å²) < 4.78 is 26.6. The second-order valence-corrected chi connectivity index (χ2v) is 5.32. The molecule has 1 nitrogen and oxygen atoms in total. The maximum absolute atomic E-state index is 13.5. The molecule has 0 aliphatic carbocycles. The lowest BCUT2D eigenvalue weighted by atomic mass is 9.96. The summed E-state index contributed by atoms with van der Waals surface area (Å²) in [5.41, 5.74) is 2.90. The molecular formula is C15H13BrF2O. The van der Waals surface area contributed by atoms with Gasteiger partial charge in [0.2, 0.25) is 0 Å². The summed E-state index contributed by atoms with van der Waals surface area (Å²) >= 11 is 3.00. The summed E-state index contributed by atoms with van der Waals surface area (Å²) in [5.74, 6) is -1.93. The molecule has 0 saturated heterocycles. The van der Waals surface area contributed by atoms with Gasteiger partial charge in [0.1, 0.15) is 6.10 Å². The lowest BCUT2D eigenvalue weighted by Crippen LogP contribution is -2.05. The quantitative estimate of drug-likeness (QED) is 0.809. The van der Waals surface area contributed by atoms with Crippen molar-refractivity contribution >= 4 is 15.9 Å². The zero-order chi connectivity index (χ0) is 14.2. The Balaban J connectivity index is 2.53. The van der Waals surface area contributed by atoms with Gasteiger partial charge in [-0.05, 0) is 47.0 Å². The second-order valence-electron chi connectivity index (χ2n) is 4.53. The molecule has 100 valence electrons. The number of hydrogen-bond acceptors (Lipinski definition) is 1. The van der Waals surface area contributed by atoms with Gasteiger partial charge in [0, 0.05) is 5.56 Å². The average molecular weight is 327 g/mol. The third-order valence-electron chi connectivity index (χ3n) is 3.09. The van der Waals surface area contributed by atoms with Crippen LogP contribution in [0.3, 0.4) is 0 Å². The summed E-state index contributed by atoms with van der Waals surface area (Å²) in [6.07, 6.45) is -0.996. The zero-order valence-corrected chi connectivity index (χ0v) is 12.1. The predicted octanol–water partition coefficient (Wildman–Crippen LogP) is 4.43. The molecule has 4 heteroatoms. The molecule has 2 aromatic carbocycles. The fraction of sp³-hybridized carbons (Fsp3) is 0.200. The number of halogens is 3. The Morgan fingerprint density at radius 3 is 2.42 bits per heavy atom. The molecule has 19 heavy (non-hydrogen) atoms. The van der Waals surface area contributed by atoms with Crippen molar-refractivity contribution in [3.63, 3.8) is 0 Å². The van der Waals surface area contributed by atoms with E-state index in [0.717, 1.165) is 17.2 Å². The molecule has 2 aromatic rings. The van der Waals surface area contributed by atoms with E-state index in [1.54, 1.807) is 0 Å². The van der Waals surface area contributed by atoms with Crippen LogP contribution in [0.5, 0.6) is 0 Å². The van der Waals surface area contributed by atoms with Crippen molar-refractivity contribution in [1.29, 1.82) is 0 Å². The highest BCUT2D eigenvalue weighted by Gasteiger charge is 2.20. The number of aliphatic hydroxyl groups excluding tert-OH is 1. The van der Waals surface area contributed by atoms with Gasteiger partial charge in [-0.25, -0.2) is 8.78 Å². The second kappa shape index (κ2) is 5.39. The van der Waals surface area contributed by atoms with Gasteiger partial charge in [-0.1, -0.05) is 29.8 Å². The summed E-state index contributed by atoms with van der Waals surface area (Å²) in [4.78, 5) is 0. The van der Waals surface area contributed by atoms with Crippen LogP contribution in [0.1, 0.15) is 28.4 Å². The molecule has 0 amide bonds. The number of rotatable bonds is 2. The molecule has 0 fully saturated rings. The van der Waals surface area contributed by atoms with Crippen LogP contribution in [0.2, 0.25) is 0 Å². The Morgan fingerprint density at radius 2 is 1.74 bits per heavy atom. The van der Waals surface area contributed by atoms with E-state index in [4.69, 9.17) is 0 Å². The van der Waals surface area contributed by atoms with Crippen LogP contribution in [0.15, 0.2) is 34.8 Å². The van der Waals surface area contributed by atoms with Crippen LogP contribution in [-0.4, -0.2) is 5.11 Å². The van der Waals surface area contributed by atoms with Crippen molar-refractivity contribution in [2.45, 2.75) is 20.0 Å². The zero-order valence-electron chi connectivity index (χ0n) is 10.5. The molecule has 0 saturated carbocycles. The van der Waals surface area contributed by atoms with Crippen LogP contribution in [0.25, 0.3) is 0 Å². The van der Waals surface area contributed by atoms with Crippen LogP contribution < -0.4 is 0 Å². The maximum Gasteiger partial charge on any atom is 0.173 e. The Labute approximate surface area is 119 Å². The SMILES string of the molecule is Cc1ccc(C)c(C(O)c2ccc(F)c(F)c2Br)c1. The van der Waals surface area contributed by atoms with Gasteiger partial charge in [0.05, 0.1) is 4.47 Å². The van der Waals surface area contributed by atoms with Gasteiger partial charge >= 0.3 is 0 Å². The average Bonchev–Trinajstić information content (AvgIpc) is 2.38. The highest BCUT2D eigenvalue weighted by molar-refractivity contribution is 9.10. The molecule has 0 aromatic heterocycles.